The minimum Gasteiger partial charge on any atom is -0.496 e. The number of para-hydroxylation sites is 1. The molecule has 4 heteroatoms. The first-order valence-electron chi connectivity index (χ1n) is 6.00. The molecular formula is C15H16ClNO2. The van der Waals surface area contributed by atoms with Crippen molar-refractivity contribution in [1.29, 1.82) is 0 Å². The molecule has 0 aromatic heterocycles. The maximum Gasteiger partial charge on any atom is 0.139 e. The molecule has 2 aromatic carbocycles. The quantitative estimate of drug-likeness (QED) is 0.911. The Bertz CT molecular complexity index is 545. The average molecular weight is 278 g/mol. The lowest BCUT2D eigenvalue weighted by Crippen LogP contribution is -2.19. The number of rotatable bonds is 5. The molecule has 2 aromatic rings. The van der Waals surface area contributed by atoms with E-state index in [4.69, 9.17) is 26.8 Å². The highest BCUT2D eigenvalue weighted by Crippen LogP contribution is 2.29. The monoisotopic (exact) mass is 277 g/mol. The van der Waals surface area contributed by atoms with Gasteiger partial charge >= 0.3 is 0 Å². The molecule has 2 N–H and O–H groups in total. The van der Waals surface area contributed by atoms with Crippen molar-refractivity contribution in [2.24, 2.45) is 5.73 Å². The van der Waals surface area contributed by atoms with Gasteiger partial charge in [-0.3, -0.25) is 0 Å². The number of hydrogen-bond acceptors (Lipinski definition) is 3. The Morgan fingerprint density at radius 1 is 1.16 bits per heavy atom. The van der Waals surface area contributed by atoms with Crippen LogP contribution in [0.2, 0.25) is 5.02 Å². The Labute approximate surface area is 117 Å². The van der Waals surface area contributed by atoms with E-state index in [1.54, 1.807) is 19.2 Å². The number of nitrogens with two attached hydrogens (primary N) is 1. The van der Waals surface area contributed by atoms with E-state index in [2.05, 4.69) is 0 Å². The Morgan fingerprint density at radius 2 is 1.95 bits per heavy atom. The Kier molecular flexibility index (Phi) is 4.66. The van der Waals surface area contributed by atoms with Crippen molar-refractivity contribution in [2.75, 3.05) is 13.7 Å². The zero-order valence-electron chi connectivity index (χ0n) is 10.7. The van der Waals surface area contributed by atoms with E-state index < -0.39 is 0 Å². The normalized spacial score (nSPS) is 11.9. The molecular weight excluding hydrogens is 262 g/mol. The summed E-state index contributed by atoms with van der Waals surface area (Å²) in [4.78, 5) is 0. The third-order valence-corrected chi connectivity index (χ3v) is 3.01. The largest absolute Gasteiger partial charge is 0.496 e. The van der Waals surface area contributed by atoms with Gasteiger partial charge in [0.15, 0.2) is 0 Å². The highest BCUT2D eigenvalue weighted by Gasteiger charge is 2.16. The molecule has 0 heterocycles. The van der Waals surface area contributed by atoms with Gasteiger partial charge in [-0.2, -0.15) is 0 Å². The predicted molar refractivity (Wildman–Crippen MR) is 76.9 cm³/mol. The molecule has 1 unspecified atom stereocenters. The van der Waals surface area contributed by atoms with Crippen molar-refractivity contribution in [2.45, 2.75) is 6.10 Å². The first-order valence-corrected chi connectivity index (χ1v) is 6.37. The topological polar surface area (TPSA) is 44.5 Å². The van der Waals surface area contributed by atoms with Crippen LogP contribution in [0.3, 0.4) is 0 Å². The van der Waals surface area contributed by atoms with Gasteiger partial charge in [-0.05, 0) is 24.3 Å². The maximum absolute atomic E-state index is 5.94. The first kappa shape index (κ1) is 13.7. The van der Waals surface area contributed by atoms with Gasteiger partial charge in [0.1, 0.15) is 17.6 Å². The average Bonchev–Trinajstić information content (AvgIpc) is 2.45. The summed E-state index contributed by atoms with van der Waals surface area (Å²) < 4.78 is 11.2. The van der Waals surface area contributed by atoms with Crippen molar-refractivity contribution >= 4 is 11.6 Å². The highest BCUT2D eigenvalue weighted by molar-refractivity contribution is 6.30. The fourth-order valence-electron chi connectivity index (χ4n) is 1.88. The van der Waals surface area contributed by atoms with E-state index >= 15 is 0 Å². The Balaban J connectivity index is 2.25. The van der Waals surface area contributed by atoms with E-state index in [0.717, 1.165) is 11.3 Å². The first-order chi connectivity index (χ1) is 9.24. The van der Waals surface area contributed by atoms with Crippen molar-refractivity contribution in [3.8, 4) is 11.5 Å². The van der Waals surface area contributed by atoms with Crippen LogP contribution in [0.15, 0.2) is 48.5 Å². The van der Waals surface area contributed by atoms with E-state index in [1.165, 1.54) is 0 Å². The van der Waals surface area contributed by atoms with Crippen LogP contribution < -0.4 is 15.2 Å². The number of ether oxygens (including phenoxy) is 2. The smallest absolute Gasteiger partial charge is 0.139 e. The van der Waals surface area contributed by atoms with E-state index in [0.29, 0.717) is 17.3 Å². The molecule has 0 fully saturated rings. The summed E-state index contributed by atoms with van der Waals surface area (Å²) in [6, 6.07) is 14.9. The van der Waals surface area contributed by atoms with Crippen LogP contribution in [0.4, 0.5) is 0 Å². The summed E-state index contributed by atoms with van der Waals surface area (Å²) in [6.45, 7) is 0.354. The van der Waals surface area contributed by atoms with Gasteiger partial charge in [-0.15, -0.1) is 0 Å². The van der Waals surface area contributed by atoms with Crippen molar-refractivity contribution in [1.82, 2.24) is 0 Å². The summed E-state index contributed by atoms with van der Waals surface area (Å²) in [5, 5.41) is 0.633. The van der Waals surface area contributed by atoms with Gasteiger partial charge in [-0.25, -0.2) is 0 Å². The molecule has 0 bridgehead atoms. The molecule has 0 spiro atoms. The summed E-state index contributed by atoms with van der Waals surface area (Å²) >= 11 is 5.94. The molecule has 0 saturated carbocycles. The molecule has 2 rings (SSSR count). The van der Waals surface area contributed by atoms with Gasteiger partial charge in [0.05, 0.1) is 7.11 Å². The maximum atomic E-state index is 5.94. The van der Waals surface area contributed by atoms with E-state index in [1.807, 2.05) is 36.4 Å². The minimum atomic E-state index is -0.269. The van der Waals surface area contributed by atoms with Gasteiger partial charge < -0.3 is 15.2 Å². The van der Waals surface area contributed by atoms with Gasteiger partial charge in [0.2, 0.25) is 0 Å². The standard InChI is InChI=1S/C15H16ClNO2/c1-18-14-8-3-2-7-13(14)15(10-17)19-12-6-4-5-11(16)9-12/h2-9,15H,10,17H2,1H3. The summed E-state index contributed by atoms with van der Waals surface area (Å²) in [5.74, 6) is 1.45. The Morgan fingerprint density at radius 3 is 2.63 bits per heavy atom. The molecule has 0 amide bonds. The number of halogens is 1. The number of benzene rings is 2. The van der Waals surface area contributed by atoms with Crippen molar-refractivity contribution < 1.29 is 9.47 Å². The van der Waals surface area contributed by atoms with Crippen LogP contribution in [-0.2, 0) is 0 Å². The fourth-order valence-corrected chi connectivity index (χ4v) is 2.06. The van der Waals surface area contributed by atoms with Crippen LogP contribution in [0, 0.1) is 0 Å². The number of hydrogen-bond donors (Lipinski definition) is 1. The zero-order valence-corrected chi connectivity index (χ0v) is 11.4. The predicted octanol–water partition coefficient (Wildman–Crippen LogP) is 3.43. The third-order valence-electron chi connectivity index (χ3n) is 2.77. The molecule has 3 nitrogen and oxygen atoms in total. The lowest BCUT2D eigenvalue weighted by atomic mass is 10.1. The van der Waals surface area contributed by atoms with Crippen LogP contribution in [0.1, 0.15) is 11.7 Å². The molecule has 0 saturated heterocycles. The second-order valence-electron chi connectivity index (χ2n) is 4.04. The SMILES string of the molecule is COc1ccccc1C(CN)Oc1cccc(Cl)c1. The van der Waals surface area contributed by atoms with Gasteiger partial charge in [0.25, 0.3) is 0 Å². The zero-order chi connectivity index (χ0) is 13.7. The summed E-state index contributed by atoms with van der Waals surface area (Å²) in [7, 11) is 1.63. The molecule has 0 radical (unpaired) electrons. The van der Waals surface area contributed by atoms with Crippen molar-refractivity contribution in [3.63, 3.8) is 0 Å². The highest BCUT2D eigenvalue weighted by atomic mass is 35.5. The second-order valence-corrected chi connectivity index (χ2v) is 4.48. The molecule has 1 atom stereocenters. The van der Waals surface area contributed by atoms with Crippen LogP contribution in [-0.4, -0.2) is 13.7 Å². The van der Waals surface area contributed by atoms with Crippen LogP contribution >= 0.6 is 11.6 Å². The van der Waals surface area contributed by atoms with E-state index in [9.17, 15) is 0 Å². The van der Waals surface area contributed by atoms with Gasteiger partial charge in [0, 0.05) is 17.1 Å². The molecule has 19 heavy (non-hydrogen) atoms. The van der Waals surface area contributed by atoms with Crippen LogP contribution in [0.25, 0.3) is 0 Å². The Hall–Kier alpha value is -1.71. The van der Waals surface area contributed by atoms with Crippen LogP contribution in [0.5, 0.6) is 11.5 Å². The fraction of sp³-hybridized carbons (Fsp3) is 0.200. The van der Waals surface area contributed by atoms with E-state index in [-0.39, 0.29) is 6.10 Å². The summed E-state index contributed by atoms with van der Waals surface area (Å²) in [5.41, 5.74) is 6.72. The molecule has 0 aliphatic carbocycles. The van der Waals surface area contributed by atoms with Crippen molar-refractivity contribution in [3.05, 3.63) is 59.1 Å². The second kappa shape index (κ2) is 6.45. The lowest BCUT2D eigenvalue weighted by Gasteiger charge is -2.20. The summed E-state index contributed by atoms with van der Waals surface area (Å²) in [6.07, 6.45) is -0.269. The molecule has 0 aliphatic heterocycles. The molecule has 100 valence electrons. The third kappa shape index (κ3) is 3.40. The molecule has 0 aliphatic rings. The minimum absolute atomic E-state index is 0.269. The number of methoxy groups -OCH3 is 1. The lowest BCUT2D eigenvalue weighted by molar-refractivity contribution is 0.209. The van der Waals surface area contributed by atoms with Gasteiger partial charge in [-0.1, -0.05) is 35.9 Å².